The van der Waals surface area contributed by atoms with Crippen LogP contribution < -0.4 is 5.32 Å². The molecule has 0 aromatic carbocycles. The summed E-state index contributed by atoms with van der Waals surface area (Å²) >= 11 is 0. The fourth-order valence-corrected chi connectivity index (χ4v) is 3.12. The molecule has 0 radical (unpaired) electrons. The van der Waals surface area contributed by atoms with Crippen molar-refractivity contribution >= 4 is 0 Å². The Morgan fingerprint density at radius 2 is 1.48 bits per heavy atom. The Labute approximate surface area is 144 Å². The van der Waals surface area contributed by atoms with Crippen LogP contribution in [0.15, 0.2) is 0 Å². The molecule has 0 spiro atoms. The van der Waals surface area contributed by atoms with E-state index in [1.54, 1.807) is 0 Å². The highest BCUT2D eigenvalue weighted by atomic mass is 16.8. The predicted octanol–water partition coefficient (Wildman–Crippen LogP) is -4.78. The molecule has 148 valence electrons. The van der Waals surface area contributed by atoms with Gasteiger partial charge in [0.05, 0.1) is 19.3 Å². The van der Waals surface area contributed by atoms with E-state index in [0.29, 0.717) is 0 Å². The van der Waals surface area contributed by atoms with Gasteiger partial charge >= 0.3 is 0 Å². The average molecular weight is 369 g/mol. The lowest BCUT2D eigenvalue weighted by Gasteiger charge is -2.50. The molecule has 0 amide bonds. The first-order chi connectivity index (χ1) is 11.7. The molecule has 2 rings (SSSR count). The van der Waals surface area contributed by atoms with Crippen LogP contribution in [-0.4, -0.2) is 117 Å². The van der Waals surface area contributed by atoms with Crippen molar-refractivity contribution in [3.05, 3.63) is 0 Å². The molecule has 0 aromatic heterocycles. The molecule has 11 nitrogen and oxygen atoms in total. The number of aliphatic hydroxyl groups is 7. The van der Waals surface area contributed by atoms with Crippen molar-refractivity contribution in [3.63, 3.8) is 0 Å². The third kappa shape index (κ3) is 3.82. The highest BCUT2D eigenvalue weighted by Gasteiger charge is 2.55. The number of nitrogens with one attached hydrogen (secondary N) is 1. The highest BCUT2D eigenvalue weighted by Crippen LogP contribution is 2.34. The Morgan fingerprint density at radius 1 is 0.920 bits per heavy atom. The molecule has 0 bridgehead atoms. The molecule has 0 saturated carbocycles. The quantitative estimate of drug-likeness (QED) is 0.233. The number of likely N-dealkylation sites (N-methyl/N-ethyl adjacent to an activating group) is 1. The normalized spacial score (nSPS) is 51.5. The summed E-state index contributed by atoms with van der Waals surface area (Å²) in [6.45, 7) is 0.0532. The van der Waals surface area contributed by atoms with Crippen molar-refractivity contribution in [1.29, 1.82) is 0 Å². The molecule has 5 unspecified atom stereocenters. The predicted molar refractivity (Wildman–Crippen MR) is 80.1 cm³/mol. The summed E-state index contributed by atoms with van der Waals surface area (Å²) in [5, 5.41) is 71.3. The Hall–Kier alpha value is -0.440. The second-order valence-corrected chi connectivity index (χ2v) is 6.42. The van der Waals surface area contributed by atoms with E-state index in [1.807, 2.05) is 0 Å². The Morgan fingerprint density at radius 3 is 2.00 bits per heavy atom. The SMILES string of the molecule is CNC1C(O)[C@H](O)C(CO)O[C@@H]1O[C@@]1(C)OC(CO)[C@@H](O)[C@H](O)C1O. The lowest BCUT2D eigenvalue weighted by molar-refractivity contribution is -0.407. The Kier molecular flexibility index (Phi) is 6.73. The molecule has 0 aliphatic carbocycles. The standard InChI is InChI=1S/C14H27NO10/c1-14(12(22)11(21)9(19)6(4-17)24-14)25-13-7(15-2)10(20)8(18)5(3-16)23-13/h5-13,15-22H,3-4H2,1-2H3/t5?,6?,7?,8-,9-,10?,11+,12?,13-,14-/m1/s1. The minimum absolute atomic E-state index is 0.588. The Balaban J connectivity index is 2.22. The van der Waals surface area contributed by atoms with Crippen LogP contribution in [0.2, 0.25) is 0 Å². The minimum atomic E-state index is -1.90. The molecule has 25 heavy (non-hydrogen) atoms. The average Bonchev–Trinajstić information content (AvgIpc) is 2.59. The van der Waals surface area contributed by atoms with E-state index >= 15 is 0 Å². The van der Waals surface area contributed by atoms with E-state index in [1.165, 1.54) is 14.0 Å². The minimum Gasteiger partial charge on any atom is -0.394 e. The first-order valence-corrected chi connectivity index (χ1v) is 8.00. The molecule has 2 heterocycles. The van der Waals surface area contributed by atoms with Gasteiger partial charge in [0, 0.05) is 0 Å². The number of ether oxygens (including phenoxy) is 3. The first-order valence-electron chi connectivity index (χ1n) is 8.00. The lowest BCUT2D eigenvalue weighted by Crippen LogP contribution is -2.69. The van der Waals surface area contributed by atoms with Crippen LogP contribution in [0.3, 0.4) is 0 Å². The van der Waals surface area contributed by atoms with E-state index < -0.39 is 74.1 Å². The van der Waals surface area contributed by atoms with Gasteiger partial charge in [0.15, 0.2) is 12.1 Å². The molecule has 2 aliphatic heterocycles. The van der Waals surface area contributed by atoms with Crippen LogP contribution in [-0.2, 0) is 14.2 Å². The summed E-state index contributed by atoms with van der Waals surface area (Å²) in [6, 6.07) is -0.943. The topological polar surface area (TPSA) is 181 Å². The molecule has 11 heteroatoms. The van der Waals surface area contributed by atoms with Gasteiger partial charge in [-0.05, 0) is 14.0 Å². The zero-order chi connectivity index (χ0) is 18.9. The fourth-order valence-electron chi connectivity index (χ4n) is 3.12. The van der Waals surface area contributed by atoms with Crippen LogP contribution in [0.25, 0.3) is 0 Å². The van der Waals surface area contributed by atoms with Crippen LogP contribution in [0, 0.1) is 0 Å². The zero-order valence-electron chi connectivity index (χ0n) is 14.0. The first kappa shape index (κ1) is 20.9. The van der Waals surface area contributed by atoms with E-state index in [9.17, 15) is 35.7 Å². The summed E-state index contributed by atoms with van der Waals surface area (Å²) in [6.07, 6.45) is -11.2. The molecule has 0 aromatic rings. The number of aliphatic hydroxyl groups excluding tert-OH is 7. The number of rotatable bonds is 5. The smallest absolute Gasteiger partial charge is 0.197 e. The van der Waals surface area contributed by atoms with Crippen molar-refractivity contribution < 1.29 is 50.0 Å². The number of hydrogen-bond acceptors (Lipinski definition) is 11. The van der Waals surface area contributed by atoms with Gasteiger partial charge in [-0.2, -0.15) is 0 Å². The van der Waals surface area contributed by atoms with Crippen molar-refractivity contribution in [2.24, 2.45) is 0 Å². The summed E-state index contributed by atoms with van der Waals surface area (Å²) in [5.41, 5.74) is 0. The maximum absolute atomic E-state index is 10.2. The van der Waals surface area contributed by atoms with Crippen molar-refractivity contribution in [2.75, 3.05) is 20.3 Å². The van der Waals surface area contributed by atoms with Gasteiger partial charge in [0.2, 0.25) is 0 Å². The summed E-state index contributed by atoms with van der Waals surface area (Å²) in [4.78, 5) is 0. The van der Waals surface area contributed by atoms with E-state index in [-0.39, 0.29) is 0 Å². The summed E-state index contributed by atoms with van der Waals surface area (Å²) in [7, 11) is 1.48. The zero-order valence-corrected chi connectivity index (χ0v) is 14.0. The van der Waals surface area contributed by atoms with Crippen molar-refractivity contribution in [3.8, 4) is 0 Å². The molecule has 2 aliphatic rings. The van der Waals surface area contributed by atoms with Crippen molar-refractivity contribution in [2.45, 2.75) is 67.8 Å². The van der Waals surface area contributed by atoms with Gasteiger partial charge in [0.25, 0.3) is 0 Å². The molecule has 10 atom stereocenters. The van der Waals surface area contributed by atoms with Gasteiger partial charge in [-0.3, -0.25) is 0 Å². The van der Waals surface area contributed by atoms with Gasteiger partial charge in [-0.1, -0.05) is 0 Å². The van der Waals surface area contributed by atoms with Crippen molar-refractivity contribution in [1.82, 2.24) is 5.32 Å². The van der Waals surface area contributed by atoms with Crippen LogP contribution in [0.1, 0.15) is 6.92 Å². The second kappa shape index (κ2) is 8.06. The van der Waals surface area contributed by atoms with Crippen LogP contribution >= 0.6 is 0 Å². The second-order valence-electron chi connectivity index (χ2n) is 6.42. The van der Waals surface area contributed by atoms with Gasteiger partial charge in [-0.25, -0.2) is 0 Å². The largest absolute Gasteiger partial charge is 0.394 e. The van der Waals surface area contributed by atoms with E-state index in [4.69, 9.17) is 14.2 Å². The molecular weight excluding hydrogens is 342 g/mol. The van der Waals surface area contributed by atoms with E-state index in [0.717, 1.165) is 0 Å². The van der Waals surface area contributed by atoms with Gasteiger partial charge < -0.3 is 55.3 Å². The summed E-state index contributed by atoms with van der Waals surface area (Å²) in [5.74, 6) is -1.90. The van der Waals surface area contributed by atoms with Crippen LogP contribution in [0.4, 0.5) is 0 Å². The lowest BCUT2D eigenvalue weighted by atomic mass is 9.92. The highest BCUT2D eigenvalue weighted by molar-refractivity contribution is 4.98. The maximum Gasteiger partial charge on any atom is 0.197 e. The van der Waals surface area contributed by atoms with Crippen LogP contribution in [0.5, 0.6) is 0 Å². The number of hydrogen-bond donors (Lipinski definition) is 8. The molecule has 2 saturated heterocycles. The third-order valence-corrected chi connectivity index (χ3v) is 4.72. The van der Waals surface area contributed by atoms with Gasteiger partial charge in [0.1, 0.15) is 42.7 Å². The maximum atomic E-state index is 10.2. The summed E-state index contributed by atoms with van der Waals surface area (Å²) < 4.78 is 16.4. The van der Waals surface area contributed by atoms with E-state index in [2.05, 4.69) is 5.32 Å². The monoisotopic (exact) mass is 369 g/mol. The third-order valence-electron chi connectivity index (χ3n) is 4.72. The molecular formula is C14H27NO10. The Bertz CT molecular complexity index is 440. The van der Waals surface area contributed by atoms with Gasteiger partial charge in [-0.15, -0.1) is 0 Å². The molecule has 8 N–H and O–H groups in total. The molecule has 2 fully saturated rings. The fraction of sp³-hybridized carbons (Fsp3) is 1.00.